The summed E-state index contributed by atoms with van der Waals surface area (Å²) in [6.07, 6.45) is 4.24. The van der Waals surface area contributed by atoms with Gasteiger partial charge >= 0.3 is 0 Å². The van der Waals surface area contributed by atoms with Gasteiger partial charge in [0.15, 0.2) is 0 Å². The number of aliphatic hydroxyl groups excluding tert-OH is 1. The van der Waals surface area contributed by atoms with Crippen LogP contribution in [0.5, 0.6) is 0 Å². The fourth-order valence-corrected chi connectivity index (χ4v) is 1.62. The zero-order valence-electron chi connectivity index (χ0n) is 9.45. The molecule has 1 aromatic rings. The molecular weight excluding hydrogens is 186 g/mol. The fraction of sp³-hybridized carbons (Fsp3) is 0.538. The molecule has 1 aromatic carbocycles. The Morgan fingerprint density at radius 3 is 2.47 bits per heavy atom. The maximum Gasteiger partial charge on any atom is 0.0449 e. The number of hydrogen-bond acceptors (Lipinski definition) is 2. The van der Waals surface area contributed by atoms with Gasteiger partial charge in [-0.25, -0.2) is 0 Å². The second kappa shape index (κ2) is 6.59. The van der Waals surface area contributed by atoms with Crippen LogP contribution in [-0.4, -0.2) is 11.7 Å². The summed E-state index contributed by atoms with van der Waals surface area (Å²) in [5.41, 5.74) is 8.38. The Labute approximate surface area is 92.1 Å². The highest BCUT2D eigenvalue weighted by molar-refractivity contribution is 5.24. The van der Waals surface area contributed by atoms with Gasteiger partial charge in [-0.3, -0.25) is 0 Å². The van der Waals surface area contributed by atoms with Gasteiger partial charge in [-0.2, -0.15) is 0 Å². The van der Waals surface area contributed by atoms with Gasteiger partial charge in [0.25, 0.3) is 0 Å². The lowest BCUT2D eigenvalue weighted by Gasteiger charge is -2.10. The molecule has 0 heterocycles. The van der Waals surface area contributed by atoms with E-state index in [0.717, 1.165) is 12.0 Å². The molecule has 2 nitrogen and oxygen atoms in total. The van der Waals surface area contributed by atoms with Crippen LogP contribution in [0.4, 0.5) is 0 Å². The average Bonchev–Trinajstić information content (AvgIpc) is 2.27. The maximum absolute atomic E-state index is 8.79. The lowest BCUT2D eigenvalue weighted by atomic mass is 10.0. The van der Waals surface area contributed by atoms with Gasteiger partial charge in [0.1, 0.15) is 0 Å². The summed E-state index contributed by atoms with van der Waals surface area (Å²) >= 11 is 0. The van der Waals surface area contributed by atoms with E-state index in [1.54, 1.807) is 0 Å². The Balaban J connectivity index is 2.55. The van der Waals surface area contributed by atoms with E-state index in [1.807, 2.05) is 0 Å². The molecule has 1 unspecified atom stereocenters. The first-order chi connectivity index (χ1) is 7.27. The van der Waals surface area contributed by atoms with Gasteiger partial charge in [0.2, 0.25) is 0 Å². The van der Waals surface area contributed by atoms with Crippen molar-refractivity contribution < 1.29 is 5.11 Å². The quantitative estimate of drug-likeness (QED) is 0.752. The predicted molar refractivity (Wildman–Crippen MR) is 63.7 cm³/mol. The molecule has 2 heteroatoms. The van der Waals surface area contributed by atoms with E-state index >= 15 is 0 Å². The lowest BCUT2D eigenvalue weighted by molar-refractivity contribution is 0.276. The normalized spacial score (nSPS) is 12.7. The molecule has 0 aromatic heterocycles. The summed E-state index contributed by atoms with van der Waals surface area (Å²) in [5, 5.41) is 8.79. The molecule has 0 spiro atoms. The van der Waals surface area contributed by atoms with E-state index in [0.29, 0.717) is 6.42 Å². The van der Waals surface area contributed by atoms with E-state index in [2.05, 4.69) is 31.2 Å². The molecule has 0 fully saturated rings. The number of rotatable bonds is 6. The Bertz CT molecular complexity index is 268. The lowest BCUT2D eigenvalue weighted by Crippen LogP contribution is -2.11. The Morgan fingerprint density at radius 1 is 1.27 bits per heavy atom. The number of aliphatic hydroxyl groups is 1. The maximum atomic E-state index is 8.79. The third-order valence-electron chi connectivity index (χ3n) is 2.67. The van der Waals surface area contributed by atoms with Crippen molar-refractivity contribution in [1.82, 2.24) is 0 Å². The third kappa shape index (κ3) is 4.02. The van der Waals surface area contributed by atoms with Gasteiger partial charge in [0.05, 0.1) is 0 Å². The van der Waals surface area contributed by atoms with Crippen LogP contribution < -0.4 is 5.73 Å². The molecule has 84 valence electrons. The fourth-order valence-electron chi connectivity index (χ4n) is 1.62. The first-order valence-electron chi connectivity index (χ1n) is 5.73. The highest BCUT2D eigenvalue weighted by Crippen LogP contribution is 2.15. The average molecular weight is 207 g/mol. The summed E-state index contributed by atoms with van der Waals surface area (Å²) in [5.74, 6) is 0. The van der Waals surface area contributed by atoms with Crippen molar-refractivity contribution in [3.63, 3.8) is 0 Å². The molecule has 0 radical (unpaired) electrons. The van der Waals surface area contributed by atoms with Crippen LogP contribution in [0.2, 0.25) is 0 Å². The van der Waals surface area contributed by atoms with Crippen LogP contribution in [0, 0.1) is 0 Å². The SMILES string of the molecule is CCCCc1ccc(C(N)CCO)cc1. The van der Waals surface area contributed by atoms with Gasteiger partial charge in [-0.15, -0.1) is 0 Å². The molecule has 0 saturated carbocycles. The number of benzene rings is 1. The molecule has 0 amide bonds. The topological polar surface area (TPSA) is 46.2 Å². The molecule has 0 saturated heterocycles. The van der Waals surface area contributed by atoms with Gasteiger partial charge in [-0.1, -0.05) is 37.6 Å². The second-order valence-electron chi connectivity index (χ2n) is 3.96. The molecule has 15 heavy (non-hydrogen) atoms. The van der Waals surface area contributed by atoms with Crippen molar-refractivity contribution >= 4 is 0 Å². The minimum Gasteiger partial charge on any atom is -0.396 e. The standard InChI is InChI=1S/C13H21NO/c1-2-3-4-11-5-7-12(8-6-11)13(14)9-10-15/h5-8,13,15H,2-4,9-10,14H2,1H3. The third-order valence-corrected chi connectivity index (χ3v) is 2.67. The number of nitrogens with two attached hydrogens (primary N) is 1. The van der Waals surface area contributed by atoms with Crippen molar-refractivity contribution in [3.8, 4) is 0 Å². The first-order valence-corrected chi connectivity index (χ1v) is 5.73. The molecule has 0 aliphatic rings. The summed E-state index contributed by atoms with van der Waals surface area (Å²) in [4.78, 5) is 0. The molecule has 0 bridgehead atoms. The minimum absolute atomic E-state index is 0.0322. The molecule has 1 rings (SSSR count). The summed E-state index contributed by atoms with van der Waals surface area (Å²) in [6.45, 7) is 2.35. The van der Waals surface area contributed by atoms with Gasteiger partial charge < -0.3 is 10.8 Å². The molecule has 0 aliphatic carbocycles. The number of hydrogen-bond donors (Lipinski definition) is 2. The van der Waals surface area contributed by atoms with Crippen molar-refractivity contribution in [3.05, 3.63) is 35.4 Å². The zero-order valence-corrected chi connectivity index (χ0v) is 9.45. The molecule has 1 atom stereocenters. The van der Waals surface area contributed by atoms with Crippen molar-refractivity contribution in [2.75, 3.05) is 6.61 Å². The summed E-state index contributed by atoms with van der Waals surface area (Å²) in [7, 11) is 0. The largest absolute Gasteiger partial charge is 0.396 e. The van der Waals surface area contributed by atoms with Crippen molar-refractivity contribution in [2.24, 2.45) is 5.73 Å². The minimum atomic E-state index is -0.0322. The van der Waals surface area contributed by atoms with E-state index in [1.165, 1.54) is 18.4 Å². The van der Waals surface area contributed by atoms with E-state index in [-0.39, 0.29) is 12.6 Å². The smallest absolute Gasteiger partial charge is 0.0449 e. The number of unbranched alkanes of at least 4 members (excludes halogenated alkanes) is 1. The van der Waals surface area contributed by atoms with Crippen LogP contribution in [0.25, 0.3) is 0 Å². The van der Waals surface area contributed by atoms with Crippen LogP contribution in [0.3, 0.4) is 0 Å². The monoisotopic (exact) mass is 207 g/mol. The summed E-state index contributed by atoms with van der Waals surface area (Å²) in [6, 6.07) is 8.40. The highest BCUT2D eigenvalue weighted by atomic mass is 16.3. The number of aryl methyl sites for hydroxylation is 1. The second-order valence-corrected chi connectivity index (χ2v) is 3.96. The first kappa shape index (κ1) is 12.2. The summed E-state index contributed by atoms with van der Waals surface area (Å²) < 4.78 is 0. The van der Waals surface area contributed by atoms with Gasteiger partial charge in [0, 0.05) is 12.6 Å². The van der Waals surface area contributed by atoms with E-state index in [9.17, 15) is 0 Å². The molecular formula is C13H21NO. The van der Waals surface area contributed by atoms with Crippen LogP contribution in [0.15, 0.2) is 24.3 Å². The Hall–Kier alpha value is -0.860. The van der Waals surface area contributed by atoms with Gasteiger partial charge in [-0.05, 0) is 30.4 Å². The van der Waals surface area contributed by atoms with E-state index in [4.69, 9.17) is 10.8 Å². The van der Waals surface area contributed by atoms with Crippen LogP contribution >= 0.6 is 0 Å². The van der Waals surface area contributed by atoms with Crippen molar-refractivity contribution in [2.45, 2.75) is 38.6 Å². The molecule has 3 N–H and O–H groups in total. The predicted octanol–water partition coefficient (Wildman–Crippen LogP) is 2.41. The molecule has 0 aliphatic heterocycles. The van der Waals surface area contributed by atoms with Crippen molar-refractivity contribution in [1.29, 1.82) is 0 Å². The highest BCUT2D eigenvalue weighted by Gasteiger charge is 2.04. The Morgan fingerprint density at radius 2 is 1.93 bits per heavy atom. The van der Waals surface area contributed by atoms with Crippen LogP contribution in [0.1, 0.15) is 43.4 Å². The Kier molecular flexibility index (Phi) is 5.37. The van der Waals surface area contributed by atoms with Crippen LogP contribution in [-0.2, 0) is 6.42 Å². The van der Waals surface area contributed by atoms with E-state index < -0.39 is 0 Å². The zero-order chi connectivity index (χ0) is 11.1.